The van der Waals surface area contributed by atoms with Crippen molar-refractivity contribution in [3.63, 3.8) is 0 Å². The predicted octanol–water partition coefficient (Wildman–Crippen LogP) is 1.27. The van der Waals surface area contributed by atoms with E-state index in [1.165, 1.54) is 4.31 Å². The average molecular weight is 333 g/mol. The van der Waals surface area contributed by atoms with Crippen molar-refractivity contribution in [2.24, 2.45) is 11.7 Å². The van der Waals surface area contributed by atoms with Gasteiger partial charge >= 0.3 is 4.87 Å². The van der Waals surface area contributed by atoms with E-state index in [9.17, 15) is 13.2 Å². The molecule has 2 rings (SSSR count). The van der Waals surface area contributed by atoms with Gasteiger partial charge in [-0.15, -0.1) is 0 Å². The molecule has 3 N–H and O–H groups in total. The van der Waals surface area contributed by atoms with Gasteiger partial charge in [0.2, 0.25) is 0 Å². The lowest BCUT2D eigenvalue weighted by molar-refractivity contribution is 0.187. The second-order valence-corrected chi connectivity index (χ2v) is 8.55. The summed E-state index contributed by atoms with van der Waals surface area (Å²) < 4.78 is 27.5. The van der Waals surface area contributed by atoms with Crippen LogP contribution in [0.15, 0.2) is 9.00 Å². The Balaban J connectivity index is 2.39. The fourth-order valence-corrected chi connectivity index (χ4v) is 6.30. The third kappa shape index (κ3) is 3.23. The van der Waals surface area contributed by atoms with E-state index >= 15 is 0 Å². The molecule has 0 amide bonds. The molecule has 1 fully saturated rings. The molecule has 0 bridgehead atoms. The van der Waals surface area contributed by atoms with Gasteiger partial charge in [0.15, 0.2) is 4.21 Å². The third-order valence-electron chi connectivity index (χ3n) is 4.18. The molecule has 1 aromatic rings. The molecule has 6 nitrogen and oxygen atoms in total. The average Bonchev–Trinajstić information content (AvgIpc) is 2.79. The van der Waals surface area contributed by atoms with E-state index in [-0.39, 0.29) is 21.0 Å². The second kappa shape index (κ2) is 6.60. The van der Waals surface area contributed by atoms with E-state index in [2.05, 4.69) is 4.98 Å². The van der Waals surface area contributed by atoms with Crippen LogP contribution >= 0.6 is 11.3 Å². The molecular weight excluding hydrogens is 310 g/mol. The Kier molecular flexibility index (Phi) is 5.24. The number of aromatic nitrogens is 1. The first-order valence-corrected chi connectivity index (χ1v) is 9.59. The van der Waals surface area contributed by atoms with Crippen LogP contribution in [0, 0.1) is 12.8 Å². The Morgan fingerprint density at radius 1 is 1.38 bits per heavy atom. The van der Waals surface area contributed by atoms with E-state index in [1.807, 2.05) is 6.92 Å². The van der Waals surface area contributed by atoms with Crippen LogP contribution < -0.4 is 10.6 Å². The zero-order valence-electron chi connectivity index (χ0n) is 12.5. The van der Waals surface area contributed by atoms with Crippen molar-refractivity contribution in [2.75, 3.05) is 13.1 Å². The number of H-pyrrole nitrogens is 1. The van der Waals surface area contributed by atoms with E-state index in [1.54, 1.807) is 6.92 Å². The molecule has 1 aliphatic carbocycles. The Hall–Kier alpha value is -0.700. The van der Waals surface area contributed by atoms with Crippen molar-refractivity contribution >= 4 is 21.4 Å². The number of aryl methyl sites for hydroxylation is 1. The molecule has 8 heteroatoms. The number of sulfonamides is 1. The topological polar surface area (TPSA) is 96.3 Å². The van der Waals surface area contributed by atoms with Crippen molar-refractivity contribution in [3.05, 3.63) is 15.4 Å². The van der Waals surface area contributed by atoms with Gasteiger partial charge in [0.1, 0.15) is 0 Å². The number of hydrogen-bond acceptors (Lipinski definition) is 5. The maximum Gasteiger partial charge on any atom is 0.305 e. The molecule has 21 heavy (non-hydrogen) atoms. The van der Waals surface area contributed by atoms with Crippen molar-refractivity contribution in [2.45, 2.75) is 49.8 Å². The summed E-state index contributed by atoms with van der Waals surface area (Å²) >= 11 is 0.766. The molecule has 2 atom stereocenters. The standard InChI is InChI=1S/C13H23N3O3S2/c1-3-16(11-7-5-4-6-10(11)8-14)21(18,19)12-9(2)15-13(17)20-12/h10-11H,3-8,14H2,1-2H3,(H,15,17). The van der Waals surface area contributed by atoms with Crippen molar-refractivity contribution < 1.29 is 8.42 Å². The summed E-state index contributed by atoms with van der Waals surface area (Å²) in [5, 5.41) is 0. The summed E-state index contributed by atoms with van der Waals surface area (Å²) in [5.41, 5.74) is 6.25. The molecule has 0 saturated heterocycles. The van der Waals surface area contributed by atoms with Gasteiger partial charge in [0, 0.05) is 18.3 Å². The Bertz CT molecular complexity index is 635. The largest absolute Gasteiger partial charge is 0.330 e. The maximum absolute atomic E-state index is 12.9. The van der Waals surface area contributed by atoms with Gasteiger partial charge in [-0.1, -0.05) is 31.1 Å². The highest BCUT2D eigenvalue weighted by Gasteiger charge is 2.37. The molecule has 0 spiro atoms. The third-order valence-corrected chi connectivity index (χ3v) is 7.76. The summed E-state index contributed by atoms with van der Waals surface area (Å²) in [6.07, 6.45) is 3.94. The molecule has 0 aromatic carbocycles. The lowest BCUT2D eigenvalue weighted by Crippen LogP contribution is -2.47. The molecule has 1 saturated carbocycles. The van der Waals surface area contributed by atoms with Gasteiger partial charge < -0.3 is 10.7 Å². The van der Waals surface area contributed by atoms with Gasteiger partial charge in [-0.25, -0.2) is 8.42 Å². The summed E-state index contributed by atoms with van der Waals surface area (Å²) in [7, 11) is -3.64. The normalized spacial score (nSPS) is 23.6. The highest BCUT2D eigenvalue weighted by atomic mass is 32.2. The minimum atomic E-state index is -3.64. The summed E-state index contributed by atoms with van der Waals surface area (Å²) in [4.78, 5) is 13.6. The number of thiazole rings is 1. The van der Waals surface area contributed by atoms with Gasteiger partial charge in [-0.2, -0.15) is 4.31 Å². The minimum Gasteiger partial charge on any atom is -0.330 e. The SMILES string of the molecule is CCN(C1CCCCC1CN)S(=O)(=O)c1sc(=O)[nH]c1C. The van der Waals surface area contributed by atoms with Crippen LogP contribution in [0.3, 0.4) is 0 Å². The van der Waals surface area contributed by atoms with E-state index in [0.717, 1.165) is 37.0 Å². The van der Waals surface area contributed by atoms with Crippen LogP contribution in [0.2, 0.25) is 0 Å². The van der Waals surface area contributed by atoms with Gasteiger partial charge in [0.25, 0.3) is 10.0 Å². The van der Waals surface area contributed by atoms with Crippen molar-refractivity contribution in [3.8, 4) is 0 Å². The molecule has 0 aliphatic heterocycles. The fraction of sp³-hybridized carbons (Fsp3) is 0.769. The quantitative estimate of drug-likeness (QED) is 0.848. The lowest BCUT2D eigenvalue weighted by Gasteiger charge is -2.38. The zero-order valence-corrected chi connectivity index (χ0v) is 14.1. The maximum atomic E-state index is 12.9. The van der Waals surface area contributed by atoms with Gasteiger partial charge in [0.05, 0.1) is 0 Å². The van der Waals surface area contributed by atoms with Crippen LogP contribution in [0.25, 0.3) is 0 Å². The first kappa shape index (κ1) is 16.7. The van der Waals surface area contributed by atoms with Gasteiger partial charge in [-0.3, -0.25) is 4.79 Å². The van der Waals surface area contributed by atoms with Crippen molar-refractivity contribution in [1.82, 2.24) is 9.29 Å². The number of rotatable bonds is 5. The molecular formula is C13H23N3O3S2. The molecule has 1 heterocycles. The first-order valence-electron chi connectivity index (χ1n) is 7.33. The summed E-state index contributed by atoms with van der Waals surface area (Å²) in [6, 6.07) is -0.0599. The fourth-order valence-electron chi connectivity index (χ4n) is 3.17. The van der Waals surface area contributed by atoms with E-state index in [4.69, 9.17) is 5.73 Å². The van der Waals surface area contributed by atoms with Gasteiger partial charge in [-0.05, 0) is 32.2 Å². The molecule has 0 radical (unpaired) electrons. The Morgan fingerprint density at radius 3 is 2.57 bits per heavy atom. The molecule has 120 valence electrons. The van der Waals surface area contributed by atoms with Crippen LogP contribution in [0.5, 0.6) is 0 Å². The van der Waals surface area contributed by atoms with Crippen LogP contribution in [-0.2, 0) is 10.0 Å². The number of nitrogens with two attached hydrogens (primary N) is 1. The first-order chi connectivity index (χ1) is 9.91. The monoisotopic (exact) mass is 333 g/mol. The smallest absolute Gasteiger partial charge is 0.305 e. The highest BCUT2D eigenvalue weighted by molar-refractivity contribution is 7.91. The lowest BCUT2D eigenvalue weighted by atomic mass is 9.84. The summed E-state index contributed by atoms with van der Waals surface area (Å²) in [5.74, 6) is 0.199. The number of nitrogens with zero attached hydrogens (tertiary/aromatic N) is 1. The number of aromatic amines is 1. The second-order valence-electron chi connectivity index (χ2n) is 5.48. The molecule has 1 aromatic heterocycles. The number of nitrogens with one attached hydrogen (secondary N) is 1. The Labute approximate surface area is 129 Å². The molecule has 2 unspecified atom stereocenters. The zero-order chi connectivity index (χ0) is 15.6. The minimum absolute atomic E-state index is 0.0599. The van der Waals surface area contributed by atoms with Crippen LogP contribution in [-0.4, -0.2) is 36.8 Å². The van der Waals surface area contributed by atoms with E-state index < -0.39 is 10.0 Å². The van der Waals surface area contributed by atoms with Crippen LogP contribution in [0.1, 0.15) is 38.3 Å². The summed E-state index contributed by atoms with van der Waals surface area (Å²) in [6.45, 7) is 4.36. The van der Waals surface area contributed by atoms with Crippen LogP contribution in [0.4, 0.5) is 0 Å². The Morgan fingerprint density at radius 2 is 2.05 bits per heavy atom. The highest BCUT2D eigenvalue weighted by Crippen LogP contribution is 2.32. The van der Waals surface area contributed by atoms with Crippen molar-refractivity contribution in [1.29, 1.82) is 0 Å². The number of hydrogen-bond donors (Lipinski definition) is 2. The van der Waals surface area contributed by atoms with E-state index in [0.29, 0.717) is 18.8 Å². The molecule has 1 aliphatic rings. The predicted molar refractivity (Wildman–Crippen MR) is 84.0 cm³/mol.